The van der Waals surface area contributed by atoms with E-state index in [9.17, 15) is 4.79 Å². The number of nitrogens with zero attached hydrogens (tertiary/aromatic N) is 3. The number of likely N-dealkylation sites (tertiary alicyclic amines) is 1. The third-order valence-corrected chi connectivity index (χ3v) is 6.66. The summed E-state index contributed by atoms with van der Waals surface area (Å²) in [4.78, 5) is 25.2. The first-order chi connectivity index (χ1) is 15.5. The van der Waals surface area contributed by atoms with Gasteiger partial charge in [0.15, 0.2) is 0 Å². The molecule has 1 atom stereocenters. The maximum atomic E-state index is 12.6. The van der Waals surface area contributed by atoms with Gasteiger partial charge >= 0.3 is 0 Å². The van der Waals surface area contributed by atoms with Crippen molar-refractivity contribution in [2.75, 3.05) is 13.1 Å². The van der Waals surface area contributed by atoms with Crippen LogP contribution in [-0.4, -0.2) is 40.0 Å². The molecule has 7 heteroatoms. The monoisotopic (exact) mass is 450 g/mol. The Morgan fingerprint density at radius 2 is 1.94 bits per heavy atom. The second-order valence-corrected chi connectivity index (χ2v) is 9.72. The Morgan fingerprint density at radius 3 is 2.56 bits per heavy atom. The van der Waals surface area contributed by atoms with Crippen molar-refractivity contribution in [1.82, 2.24) is 20.2 Å². The van der Waals surface area contributed by atoms with E-state index >= 15 is 0 Å². The number of hydrogen-bond acceptors (Lipinski definition) is 6. The van der Waals surface area contributed by atoms with E-state index in [0.29, 0.717) is 5.56 Å². The average molecular weight is 451 g/mol. The lowest BCUT2D eigenvalue weighted by Gasteiger charge is -2.31. The highest BCUT2D eigenvalue weighted by Gasteiger charge is 2.21. The van der Waals surface area contributed by atoms with Crippen molar-refractivity contribution in [2.24, 2.45) is 0 Å². The van der Waals surface area contributed by atoms with E-state index in [0.717, 1.165) is 59.5 Å². The largest absolute Gasteiger partial charge is 0.490 e. The maximum absolute atomic E-state index is 12.6. The number of piperidine rings is 1. The summed E-state index contributed by atoms with van der Waals surface area (Å²) in [6.45, 7) is 8.87. The van der Waals surface area contributed by atoms with Gasteiger partial charge in [-0.3, -0.25) is 14.7 Å². The Kier molecular flexibility index (Phi) is 7.17. The van der Waals surface area contributed by atoms with E-state index in [1.165, 1.54) is 0 Å². The molecular weight excluding hydrogens is 420 g/mol. The number of amides is 1. The molecule has 0 radical (unpaired) electrons. The smallest absolute Gasteiger partial charge is 0.251 e. The Balaban J connectivity index is 1.26. The van der Waals surface area contributed by atoms with E-state index in [-0.39, 0.29) is 18.1 Å². The molecule has 0 spiro atoms. The summed E-state index contributed by atoms with van der Waals surface area (Å²) in [5.74, 6) is 0.709. The van der Waals surface area contributed by atoms with Crippen LogP contribution in [0.3, 0.4) is 0 Å². The molecular formula is C25H30N4O2S. The van der Waals surface area contributed by atoms with E-state index in [2.05, 4.69) is 26.3 Å². The summed E-state index contributed by atoms with van der Waals surface area (Å²) in [5, 5.41) is 4.06. The van der Waals surface area contributed by atoms with Crippen molar-refractivity contribution < 1.29 is 9.53 Å². The summed E-state index contributed by atoms with van der Waals surface area (Å²) < 4.78 is 6.17. The van der Waals surface area contributed by atoms with Crippen molar-refractivity contribution in [1.29, 1.82) is 0 Å². The molecule has 4 rings (SSSR count). The van der Waals surface area contributed by atoms with Crippen LogP contribution in [0.15, 0.2) is 48.7 Å². The molecule has 32 heavy (non-hydrogen) atoms. The summed E-state index contributed by atoms with van der Waals surface area (Å²) in [6, 6.07) is 13.3. The van der Waals surface area contributed by atoms with Gasteiger partial charge in [0, 0.05) is 36.3 Å². The minimum atomic E-state index is -0.125. The Bertz CT molecular complexity index is 1030. The molecule has 6 nitrogen and oxygen atoms in total. The van der Waals surface area contributed by atoms with Crippen molar-refractivity contribution >= 4 is 17.2 Å². The molecule has 1 aromatic carbocycles. The minimum Gasteiger partial charge on any atom is -0.490 e. The molecule has 2 aromatic heterocycles. The van der Waals surface area contributed by atoms with Gasteiger partial charge in [-0.15, -0.1) is 11.3 Å². The summed E-state index contributed by atoms with van der Waals surface area (Å²) in [6.07, 6.45) is 4.01. The fraction of sp³-hybridized carbons (Fsp3) is 0.400. The van der Waals surface area contributed by atoms with Crippen LogP contribution < -0.4 is 10.1 Å². The molecule has 3 heterocycles. The van der Waals surface area contributed by atoms with Crippen molar-refractivity contribution in [3.8, 4) is 5.75 Å². The first-order valence-electron chi connectivity index (χ1n) is 11.1. The molecule has 168 valence electrons. The number of pyridine rings is 1. The normalized spacial score (nSPS) is 16.0. The number of carbonyl (C=O) groups is 1. The van der Waals surface area contributed by atoms with Crippen LogP contribution in [0.4, 0.5) is 0 Å². The average Bonchev–Trinajstić information content (AvgIpc) is 3.14. The van der Waals surface area contributed by atoms with E-state index in [1.807, 2.05) is 63.4 Å². The molecule has 0 aliphatic carbocycles. The topological polar surface area (TPSA) is 67.3 Å². The molecule has 1 aliphatic heterocycles. The highest BCUT2D eigenvalue weighted by atomic mass is 32.1. The summed E-state index contributed by atoms with van der Waals surface area (Å²) in [7, 11) is 0. The predicted molar refractivity (Wildman–Crippen MR) is 127 cm³/mol. The second kappa shape index (κ2) is 10.2. The predicted octanol–water partition coefficient (Wildman–Crippen LogP) is 4.69. The van der Waals surface area contributed by atoms with Crippen molar-refractivity contribution in [3.05, 3.63) is 75.5 Å². The van der Waals surface area contributed by atoms with Gasteiger partial charge in [-0.1, -0.05) is 6.07 Å². The molecule has 0 saturated carbocycles. The van der Waals surface area contributed by atoms with E-state index < -0.39 is 0 Å². The Labute approximate surface area is 193 Å². The van der Waals surface area contributed by atoms with Gasteiger partial charge in [0.1, 0.15) is 11.9 Å². The molecule has 0 bridgehead atoms. The van der Waals surface area contributed by atoms with Gasteiger partial charge < -0.3 is 10.1 Å². The van der Waals surface area contributed by atoms with Crippen molar-refractivity contribution in [3.63, 3.8) is 0 Å². The number of nitrogens with one attached hydrogen (secondary N) is 1. The lowest BCUT2D eigenvalue weighted by Crippen LogP contribution is -2.37. The Morgan fingerprint density at radius 1 is 1.19 bits per heavy atom. The van der Waals surface area contributed by atoms with Crippen LogP contribution >= 0.6 is 11.3 Å². The maximum Gasteiger partial charge on any atom is 0.251 e. The van der Waals surface area contributed by atoms with Crippen molar-refractivity contribution in [2.45, 2.75) is 52.3 Å². The molecule has 3 aromatic rings. The number of carbonyl (C=O) groups excluding carboxylic acids is 1. The van der Waals surface area contributed by atoms with Crippen LogP contribution in [0.5, 0.6) is 5.75 Å². The van der Waals surface area contributed by atoms with Crippen LogP contribution in [-0.2, 0) is 6.54 Å². The third kappa shape index (κ3) is 5.72. The molecule has 1 saturated heterocycles. The number of rotatable bonds is 7. The first-order valence-corrected chi connectivity index (χ1v) is 11.9. The van der Waals surface area contributed by atoms with Crippen LogP contribution in [0.25, 0.3) is 0 Å². The van der Waals surface area contributed by atoms with Gasteiger partial charge in [0.25, 0.3) is 5.91 Å². The minimum absolute atomic E-state index is 0.100. The van der Waals surface area contributed by atoms with E-state index in [1.54, 1.807) is 11.3 Å². The summed E-state index contributed by atoms with van der Waals surface area (Å²) >= 11 is 1.65. The highest BCUT2D eigenvalue weighted by Crippen LogP contribution is 2.24. The number of hydrogen-bond donors (Lipinski definition) is 1. The van der Waals surface area contributed by atoms with Gasteiger partial charge in [0.05, 0.1) is 22.4 Å². The molecule has 1 fully saturated rings. The fourth-order valence-corrected chi connectivity index (χ4v) is 4.99. The second-order valence-electron chi connectivity index (χ2n) is 8.31. The van der Waals surface area contributed by atoms with E-state index in [4.69, 9.17) is 4.74 Å². The van der Waals surface area contributed by atoms with Gasteiger partial charge in [0.2, 0.25) is 0 Å². The van der Waals surface area contributed by atoms with Crippen LogP contribution in [0, 0.1) is 13.8 Å². The number of benzene rings is 1. The summed E-state index contributed by atoms with van der Waals surface area (Å²) in [5.41, 5.74) is 2.67. The number of aryl methyl sites for hydroxylation is 2. The molecule has 1 aliphatic rings. The number of ether oxygens (including phenoxy) is 1. The molecule has 1 amide bonds. The lowest BCUT2D eigenvalue weighted by molar-refractivity contribution is 0.0937. The van der Waals surface area contributed by atoms with Crippen LogP contribution in [0.1, 0.15) is 57.4 Å². The highest BCUT2D eigenvalue weighted by molar-refractivity contribution is 7.11. The standard InChI is InChI=1S/C25H30N4O2S/c1-17(24-18(2)32-19(3)28-24)27-25(30)20-7-9-22(10-8-20)31-23-11-14-29(15-12-23)16-21-6-4-5-13-26-21/h4-10,13,17,23H,11-12,14-16H2,1-3H3,(H,27,30)/t17-/m0/s1. The van der Waals surface area contributed by atoms with Gasteiger partial charge in [-0.2, -0.15) is 0 Å². The SMILES string of the molecule is Cc1nc([C@H](C)NC(=O)c2ccc(OC3CCN(Cc4ccccn4)CC3)cc2)c(C)s1. The first kappa shape index (κ1) is 22.4. The fourth-order valence-electron chi connectivity index (χ4n) is 4.08. The Hall–Kier alpha value is -2.77. The zero-order chi connectivity index (χ0) is 22.5. The van der Waals surface area contributed by atoms with Gasteiger partial charge in [-0.25, -0.2) is 4.98 Å². The van der Waals surface area contributed by atoms with Crippen LogP contribution in [0.2, 0.25) is 0 Å². The molecule has 0 unspecified atom stereocenters. The van der Waals surface area contributed by atoms with Gasteiger partial charge in [-0.05, 0) is 70.0 Å². The number of aromatic nitrogens is 2. The number of thiazole rings is 1. The zero-order valence-electron chi connectivity index (χ0n) is 18.9. The lowest BCUT2D eigenvalue weighted by atomic mass is 10.1. The zero-order valence-corrected chi connectivity index (χ0v) is 19.7. The quantitative estimate of drug-likeness (QED) is 0.566. The molecule has 1 N–H and O–H groups in total. The third-order valence-electron chi connectivity index (χ3n) is 5.76.